The molecular formula is C18H23NO. The van der Waals surface area contributed by atoms with Gasteiger partial charge in [-0.2, -0.15) is 0 Å². The Labute approximate surface area is 120 Å². The van der Waals surface area contributed by atoms with Crippen LogP contribution in [-0.4, -0.2) is 10.1 Å². The van der Waals surface area contributed by atoms with E-state index in [4.69, 9.17) is 0 Å². The van der Waals surface area contributed by atoms with E-state index in [-0.39, 0.29) is 6.10 Å². The second kappa shape index (κ2) is 5.92. The quantitative estimate of drug-likeness (QED) is 0.891. The zero-order valence-electron chi connectivity index (χ0n) is 12.1. The van der Waals surface area contributed by atoms with E-state index >= 15 is 0 Å². The zero-order valence-corrected chi connectivity index (χ0v) is 12.1. The molecule has 0 saturated heterocycles. The third-order valence-corrected chi connectivity index (χ3v) is 4.85. The first kappa shape index (κ1) is 13.6. The van der Waals surface area contributed by atoms with Gasteiger partial charge in [0, 0.05) is 11.6 Å². The van der Waals surface area contributed by atoms with Crippen molar-refractivity contribution >= 4 is 10.9 Å². The summed E-state index contributed by atoms with van der Waals surface area (Å²) in [6.07, 6.45) is 7.59. The van der Waals surface area contributed by atoms with Crippen LogP contribution in [0.2, 0.25) is 0 Å². The van der Waals surface area contributed by atoms with Gasteiger partial charge in [-0.15, -0.1) is 0 Å². The highest BCUT2D eigenvalue weighted by Crippen LogP contribution is 2.39. The molecule has 3 rings (SSSR count). The highest BCUT2D eigenvalue weighted by molar-refractivity contribution is 5.82. The number of benzene rings is 1. The minimum Gasteiger partial charge on any atom is -0.388 e. The molecule has 1 fully saturated rings. The van der Waals surface area contributed by atoms with Crippen molar-refractivity contribution in [2.24, 2.45) is 11.8 Å². The Bertz CT molecular complexity index is 575. The summed E-state index contributed by atoms with van der Waals surface area (Å²) in [5.41, 5.74) is 2.03. The predicted octanol–water partition coefficient (Wildman–Crippen LogP) is 4.48. The molecule has 1 aliphatic rings. The van der Waals surface area contributed by atoms with Crippen molar-refractivity contribution in [2.45, 2.75) is 45.1 Å². The lowest BCUT2D eigenvalue weighted by Crippen LogP contribution is -2.21. The van der Waals surface area contributed by atoms with Crippen LogP contribution in [0.25, 0.3) is 10.9 Å². The Morgan fingerprint density at radius 2 is 2.15 bits per heavy atom. The molecule has 1 aromatic carbocycles. The van der Waals surface area contributed by atoms with Crippen LogP contribution in [-0.2, 0) is 0 Å². The third kappa shape index (κ3) is 2.57. The number of rotatable bonds is 3. The number of aliphatic hydroxyl groups is 1. The van der Waals surface area contributed by atoms with Gasteiger partial charge in [-0.25, -0.2) is 0 Å². The van der Waals surface area contributed by atoms with E-state index in [1.807, 2.05) is 24.4 Å². The van der Waals surface area contributed by atoms with Crippen molar-refractivity contribution < 1.29 is 5.11 Å². The average Bonchev–Trinajstić information content (AvgIpc) is 2.53. The minimum absolute atomic E-state index is 0.350. The number of nitrogens with zero attached hydrogens (tertiary/aromatic N) is 1. The van der Waals surface area contributed by atoms with Crippen molar-refractivity contribution in [3.05, 3.63) is 42.1 Å². The lowest BCUT2D eigenvalue weighted by Gasteiger charge is -2.32. The average molecular weight is 269 g/mol. The molecule has 0 aliphatic heterocycles. The fourth-order valence-electron chi connectivity index (χ4n) is 3.63. The van der Waals surface area contributed by atoms with Crippen LogP contribution in [0.15, 0.2) is 36.5 Å². The zero-order chi connectivity index (χ0) is 13.9. The van der Waals surface area contributed by atoms with Crippen LogP contribution in [0.4, 0.5) is 0 Å². The van der Waals surface area contributed by atoms with Crippen LogP contribution in [0.1, 0.15) is 50.7 Å². The topological polar surface area (TPSA) is 33.1 Å². The summed E-state index contributed by atoms with van der Waals surface area (Å²) in [5, 5.41) is 11.9. The Hall–Kier alpha value is -1.41. The monoisotopic (exact) mass is 269 g/mol. The number of aliphatic hydroxyl groups excluding tert-OH is 1. The summed E-state index contributed by atoms with van der Waals surface area (Å²) >= 11 is 0. The molecule has 1 heterocycles. The molecule has 1 saturated carbocycles. The minimum atomic E-state index is -0.350. The SMILES string of the molecule is CCC1CCCC(C(O)c2cccc3ncccc23)C1. The molecule has 1 N–H and O–H groups in total. The van der Waals surface area contributed by atoms with Crippen LogP contribution < -0.4 is 0 Å². The number of pyridine rings is 1. The second-order valence-electron chi connectivity index (χ2n) is 6.06. The summed E-state index contributed by atoms with van der Waals surface area (Å²) < 4.78 is 0. The smallest absolute Gasteiger partial charge is 0.0824 e. The standard InChI is InChI=1S/C18H23NO/c1-2-13-6-3-7-14(12-13)18(20)16-8-4-10-17-15(16)9-5-11-19-17/h4-5,8-11,13-14,18,20H,2-3,6-7,12H2,1H3. The first-order valence-corrected chi connectivity index (χ1v) is 7.81. The van der Waals surface area contributed by atoms with Crippen molar-refractivity contribution in [3.8, 4) is 0 Å². The maximum Gasteiger partial charge on any atom is 0.0824 e. The van der Waals surface area contributed by atoms with Gasteiger partial charge in [0.1, 0.15) is 0 Å². The lowest BCUT2D eigenvalue weighted by atomic mass is 9.76. The Morgan fingerprint density at radius 3 is 3.00 bits per heavy atom. The summed E-state index contributed by atoms with van der Waals surface area (Å²) in [5.74, 6) is 1.19. The van der Waals surface area contributed by atoms with Crippen LogP contribution >= 0.6 is 0 Å². The van der Waals surface area contributed by atoms with Crippen LogP contribution in [0.5, 0.6) is 0 Å². The van der Waals surface area contributed by atoms with Crippen LogP contribution in [0, 0.1) is 11.8 Å². The molecule has 3 atom stereocenters. The van der Waals surface area contributed by atoms with Gasteiger partial charge in [-0.1, -0.05) is 44.4 Å². The molecule has 20 heavy (non-hydrogen) atoms. The van der Waals surface area contributed by atoms with Gasteiger partial charge in [0.15, 0.2) is 0 Å². The van der Waals surface area contributed by atoms with Crippen molar-refractivity contribution in [1.82, 2.24) is 4.98 Å². The van der Waals surface area contributed by atoms with Crippen molar-refractivity contribution in [2.75, 3.05) is 0 Å². The number of aromatic nitrogens is 1. The van der Waals surface area contributed by atoms with E-state index in [0.717, 1.165) is 35.2 Å². The van der Waals surface area contributed by atoms with Gasteiger partial charge in [0.2, 0.25) is 0 Å². The molecule has 0 radical (unpaired) electrons. The Morgan fingerprint density at radius 1 is 1.25 bits per heavy atom. The first-order valence-electron chi connectivity index (χ1n) is 7.81. The van der Waals surface area contributed by atoms with Gasteiger partial charge in [-0.05, 0) is 42.4 Å². The molecule has 0 bridgehead atoms. The molecule has 0 amide bonds. The Balaban J connectivity index is 1.90. The summed E-state index contributed by atoms with van der Waals surface area (Å²) in [6.45, 7) is 2.27. The van der Waals surface area contributed by atoms with Gasteiger partial charge >= 0.3 is 0 Å². The normalized spacial score (nSPS) is 24.7. The predicted molar refractivity (Wildman–Crippen MR) is 82.4 cm³/mol. The molecule has 0 spiro atoms. The molecule has 1 aliphatic carbocycles. The van der Waals surface area contributed by atoms with Gasteiger partial charge in [0.05, 0.1) is 11.6 Å². The number of fused-ring (bicyclic) bond motifs is 1. The van der Waals surface area contributed by atoms with E-state index in [0.29, 0.717) is 5.92 Å². The van der Waals surface area contributed by atoms with Gasteiger partial charge < -0.3 is 5.11 Å². The van der Waals surface area contributed by atoms with E-state index in [2.05, 4.69) is 24.0 Å². The summed E-state index contributed by atoms with van der Waals surface area (Å²) in [7, 11) is 0. The highest BCUT2D eigenvalue weighted by atomic mass is 16.3. The summed E-state index contributed by atoms with van der Waals surface area (Å²) in [4.78, 5) is 4.39. The highest BCUT2D eigenvalue weighted by Gasteiger charge is 2.28. The Kier molecular flexibility index (Phi) is 4.02. The lowest BCUT2D eigenvalue weighted by molar-refractivity contribution is 0.0689. The van der Waals surface area contributed by atoms with Crippen LogP contribution in [0.3, 0.4) is 0 Å². The molecule has 2 nitrogen and oxygen atoms in total. The fourth-order valence-corrected chi connectivity index (χ4v) is 3.63. The third-order valence-electron chi connectivity index (χ3n) is 4.85. The largest absolute Gasteiger partial charge is 0.388 e. The second-order valence-corrected chi connectivity index (χ2v) is 6.06. The van der Waals surface area contributed by atoms with Crippen molar-refractivity contribution in [3.63, 3.8) is 0 Å². The molecular weight excluding hydrogens is 246 g/mol. The molecule has 2 heteroatoms. The van der Waals surface area contributed by atoms with Crippen molar-refractivity contribution in [1.29, 1.82) is 0 Å². The van der Waals surface area contributed by atoms with Gasteiger partial charge in [0.25, 0.3) is 0 Å². The van der Waals surface area contributed by atoms with Gasteiger partial charge in [-0.3, -0.25) is 4.98 Å². The number of hydrogen-bond acceptors (Lipinski definition) is 2. The number of hydrogen-bond donors (Lipinski definition) is 1. The van der Waals surface area contributed by atoms with E-state index in [1.165, 1.54) is 19.3 Å². The fraction of sp³-hybridized carbons (Fsp3) is 0.500. The molecule has 1 aromatic heterocycles. The van der Waals surface area contributed by atoms with E-state index in [1.54, 1.807) is 0 Å². The maximum atomic E-state index is 10.8. The molecule has 106 valence electrons. The molecule has 3 unspecified atom stereocenters. The summed E-state index contributed by atoms with van der Waals surface area (Å²) in [6, 6.07) is 10.1. The maximum absolute atomic E-state index is 10.8. The van der Waals surface area contributed by atoms with E-state index in [9.17, 15) is 5.11 Å². The van der Waals surface area contributed by atoms with E-state index < -0.39 is 0 Å². The molecule has 2 aromatic rings. The first-order chi connectivity index (χ1) is 9.79.